The summed E-state index contributed by atoms with van der Waals surface area (Å²) >= 11 is 0. The van der Waals surface area contributed by atoms with Gasteiger partial charge >= 0.3 is 6.18 Å². The van der Waals surface area contributed by atoms with Crippen molar-refractivity contribution in [1.29, 1.82) is 0 Å². The van der Waals surface area contributed by atoms with E-state index >= 15 is 0 Å². The number of aryl methyl sites for hydroxylation is 1. The van der Waals surface area contributed by atoms with Crippen LogP contribution < -0.4 is 5.32 Å². The molecule has 3 nitrogen and oxygen atoms in total. The molecule has 116 valence electrons. The minimum Gasteiger partial charge on any atom is -0.332 e. The first kappa shape index (κ1) is 15.8. The molecule has 0 amide bonds. The highest BCUT2D eigenvalue weighted by Crippen LogP contribution is 2.24. The number of halogens is 3. The summed E-state index contributed by atoms with van der Waals surface area (Å²) in [6, 6.07) is 3.70. The van der Waals surface area contributed by atoms with E-state index in [2.05, 4.69) is 10.3 Å². The lowest BCUT2D eigenvalue weighted by molar-refractivity contribution is -0.136. The Bertz CT molecular complexity index is 557. The van der Waals surface area contributed by atoms with Crippen molar-refractivity contribution < 1.29 is 13.2 Å². The van der Waals surface area contributed by atoms with Crippen LogP contribution in [0.15, 0.2) is 24.5 Å². The van der Waals surface area contributed by atoms with Crippen molar-refractivity contribution in [3.63, 3.8) is 0 Å². The Morgan fingerprint density at radius 2 is 1.95 bits per heavy atom. The van der Waals surface area contributed by atoms with Crippen molar-refractivity contribution in [2.24, 2.45) is 0 Å². The number of rotatable bonds is 4. The summed E-state index contributed by atoms with van der Waals surface area (Å²) < 4.78 is 38.8. The molecule has 0 saturated carbocycles. The molecule has 0 radical (unpaired) electrons. The maximum atomic E-state index is 12.4. The molecule has 1 N–H and O–H groups in total. The number of aromatic nitrogens is 2. The van der Waals surface area contributed by atoms with Crippen LogP contribution in [0.3, 0.4) is 0 Å². The fourth-order valence-electron chi connectivity index (χ4n) is 2.11. The van der Waals surface area contributed by atoms with Crippen molar-refractivity contribution in [1.82, 2.24) is 14.9 Å². The zero-order valence-corrected chi connectivity index (χ0v) is 12.5. The van der Waals surface area contributed by atoms with Gasteiger partial charge in [-0.2, -0.15) is 13.2 Å². The van der Waals surface area contributed by atoms with Gasteiger partial charge in [0.1, 0.15) is 5.65 Å². The van der Waals surface area contributed by atoms with Crippen LogP contribution in [0.2, 0.25) is 0 Å². The van der Waals surface area contributed by atoms with Gasteiger partial charge in [0.25, 0.3) is 0 Å². The summed E-state index contributed by atoms with van der Waals surface area (Å²) in [5.74, 6) is 0. The minimum atomic E-state index is -4.16. The smallest absolute Gasteiger partial charge is 0.332 e. The molecular weight excluding hydrogens is 279 g/mol. The van der Waals surface area contributed by atoms with E-state index in [1.54, 1.807) is 23.0 Å². The lowest BCUT2D eigenvalue weighted by Crippen LogP contribution is -2.35. The second-order valence-electron chi connectivity index (χ2n) is 6.19. The summed E-state index contributed by atoms with van der Waals surface area (Å²) in [5, 5.41) is 4.25. The van der Waals surface area contributed by atoms with Crippen molar-refractivity contribution in [2.45, 2.75) is 52.0 Å². The molecule has 0 spiro atoms. The van der Waals surface area contributed by atoms with Gasteiger partial charge < -0.3 is 9.88 Å². The highest BCUT2D eigenvalue weighted by atomic mass is 19.4. The van der Waals surface area contributed by atoms with Gasteiger partial charge in [0.2, 0.25) is 0 Å². The first-order chi connectivity index (χ1) is 9.66. The van der Waals surface area contributed by atoms with Gasteiger partial charge in [0, 0.05) is 36.4 Å². The van der Waals surface area contributed by atoms with Crippen LogP contribution in [-0.2, 0) is 13.1 Å². The standard InChI is InChI=1S/C15H20F3N3/c1-14(2,3)20-9-11-10-21(8-6-15(16,17)18)13-12(11)5-4-7-19-13/h4-5,7,10,20H,6,8-9H2,1-3H3. The average molecular weight is 299 g/mol. The molecule has 0 fully saturated rings. The number of pyridine rings is 1. The number of nitrogens with one attached hydrogen (secondary N) is 1. The van der Waals surface area contributed by atoms with Gasteiger partial charge in [-0.3, -0.25) is 0 Å². The molecule has 6 heteroatoms. The topological polar surface area (TPSA) is 29.9 Å². The van der Waals surface area contributed by atoms with E-state index in [1.807, 2.05) is 26.8 Å². The van der Waals surface area contributed by atoms with E-state index in [0.717, 1.165) is 10.9 Å². The number of alkyl halides is 3. The minimum absolute atomic E-state index is 0.0530. The van der Waals surface area contributed by atoms with E-state index in [4.69, 9.17) is 0 Å². The first-order valence-corrected chi connectivity index (χ1v) is 6.90. The predicted molar refractivity (Wildman–Crippen MR) is 77.0 cm³/mol. The average Bonchev–Trinajstić information content (AvgIpc) is 2.71. The highest BCUT2D eigenvalue weighted by Gasteiger charge is 2.27. The van der Waals surface area contributed by atoms with Crippen LogP contribution in [0.1, 0.15) is 32.8 Å². The zero-order valence-electron chi connectivity index (χ0n) is 12.5. The number of hydrogen-bond donors (Lipinski definition) is 1. The number of fused-ring (bicyclic) bond motifs is 1. The van der Waals surface area contributed by atoms with Gasteiger partial charge in [-0.25, -0.2) is 4.98 Å². The molecule has 0 aliphatic heterocycles. The van der Waals surface area contributed by atoms with E-state index in [0.29, 0.717) is 12.2 Å². The molecule has 2 aromatic rings. The summed E-state index contributed by atoms with van der Waals surface area (Å²) in [7, 11) is 0. The molecular formula is C15H20F3N3. The summed E-state index contributed by atoms with van der Waals surface area (Å²) in [4.78, 5) is 4.21. The zero-order chi connectivity index (χ0) is 15.7. The van der Waals surface area contributed by atoms with Gasteiger partial charge in [0.15, 0.2) is 0 Å². The van der Waals surface area contributed by atoms with E-state index in [1.165, 1.54) is 0 Å². The molecule has 0 saturated heterocycles. The Hall–Kier alpha value is -1.56. The fourth-order valence-corrected chi connectivity index (χ4v) is 2.11. The molecule has 2 aromatic heterocycles. The van der Waals surface area contributed by atoms with Gasteiger partial charge in [-0.1, -0.05) is 0 Å². The van der Waals surface area contributed by atoms with Crippen molar-refractivity contribution in [3.8, 4) is 0 Å². The Kier molecular flexibility index (Phi) is 4.27. The number of nitrogens with zero attached hydrogens (tertiary/aromatic N) is 2. The molecule has 0 atom stereocenters. The van der Waals surface area contributed by atoms with Crippen LogP contribution >= 0.6 is 0 Å². The summed E-state index contributed by atoms with van der Waals surface area (Å²) in [6.45, 7) is 6.65. The van der Waals surface area contributed by atoms with E-state index < -0.39 is 12.6 Å². The van der Waals surface area contributed by atoms with Crippen LogP contribution in [-0.4, -0.2) is 21.3 Å². The predicted octanol–water partition coefficient (Wildman–Crippen LogP) is 3.88. The fraction of sp³-hybridized carbons (Fsp3) is 0.533. The van der Waals surface area contributed by atoms with Gasteiger partial charge in [-0.05, 0) is 38.5 Å². The molecule has 2 heterocycles. The van der Waals surface area contributed by atoms with Crippen LogP contribution in [0.25, 0.3) is 11.0 Å². The van der Waals surface area contributed by atoms with Crippen molar-refractivity contribution in [2.75, 3.05) is 0 Å². The third-order valence-corrected chi connectivity index (χ3v) is 3.16. The number of hydrogen-bond acceptors (Lipinski definition) is 2. The maximum absolute atomic E-state index is 12.4. The molecule has 0 unspecified atom stereocenters. The van der Waals surface area contributed by atoms with E-state index in [9.17, 15) is 13.2 Å². The first-order valence-electron chi connectivity index (χ1n) is 6.90. The van der Waals surface area contributed by atoms with Crippen LogP contribution in [0.4, 0.5) is 13.2 Å². The quantitative estimate of drug-likeness (QED) is 0.928. The lowest BCUT2D eigenvalue weighted by Gasteiger charge is -2.20. The second-order valence-corrected chi connectivity index (χ2v) is 6.19. The third kappa shape index (κ3) is 4.46. The van der Waals surface area contributed by atoms with Gasteiger partial charge in [-0.15, -0.1) is 0 Å². The molecule has 21 heavy (non-hydrogen) atoms. The van der Waals surface area contributed by atoms with Crippen LogP contribution in [0.5, 0.6) is 0 Å². The molecule has 2 rings (SSSR count). The second kappa shape index (κ2) is 5.67. The Morgan fingerprint density at radius 1 is 1.24 bits per heavy atom. The molecule has 0 aromatic carbocycles. The summed E-state index contributed by atoms with van der Waals surface area (Å²) in [6.07, 6.45) is -1.63. The van der Waals surface area contributed by atoms with Crippen molar-refractivity contribution in [3.05, 3.63) is 30.1 Å². The van der Waals surface area contributed by atoms with Gasteiger partial charge in [0.05, 0.1) is 6.42 Å². The Morgan fingerprint density at radius 3 is 2.57 bits per heavy atom. The van der Waals surface area contributed by atoms with Crippen LogP contribution in [0, 0.1) is 0 Å². The monoisotopic (exact) mass is 299 g/mol. The van der Waals surface area contributed by atoms with Crippen molar-refractivity contribution >= 4 is 11.0 Å². The Balaban J connectivity index is 2.26. The third-order valence-electron chi connectivity index (χ3n) is 3.16. The maximum Gasteiger partial charge on any atom is 0.390 e. The molecule has 0 bridgehead atoms. The largest absolute Gasteiger partial charge is 0.390 e. The summed E-state index contributed by atoms with van der Waals surface area (Å²) in [5.41, 5.74) is 1.52. The van der Waals surface area contributed by atoms with E-state index in [-0.39, 0.29) is 12.1 Å². The SMILES string of the molecule is CC(C)(C)NCc1cn(CCC(F)(F)F)c2ncccc12. The molecule has 0 aliphatic carbocycles. The normalized spacial score (nSPS) is 13.0. The Labute approximate surface area is 122 Å². The lowest BCUT2D eigenvalue weighted by atomic mass is 10.1. The highest BCUT2D eigenvalue weighted by molar-refractivity contribution is 5.80. The molecule has 0 aliphatic rings.